The normalized spacial score (nSPS) is 13.7. The number of hydrogen-bond donors (Lipinski definition) is 3. The smallest absolute Gasteiger partial charge is 0.416 e. The predicted molar refractivity (Wildman–Crippen MR) is 127 cm³/mol. The lowest BCUT2D eigenvalue weighted by molar-refractivity contribution is -0.146. The van der Waals surface area contributed by atoms with Gasteiger partial charge in [-0.3, -0.25) is 10.1 Å². The van der Waals surface area contributed by atoms with Crippen molar-refractivity contribution in [2.24, 2.45) is 0 Å². The zero-order chi connectivity index (χ0) is 25.8. The molecule has 0 bridgehead atoms. The molecule has 0 heterocycles. The Morgan fingerprint density at radius 3 is 2.31 bits per heavy atom. The lowest BCUT2D eigenvalue weighted by Gasteiger charge is -2.24. The molecule has 0 saturated carbocycles. The van der Waals surface area contributed by atoms with Crippen molar-refractivity contribution in [2.45, 2.75) is 32.1 Å². The lowest BCUT2D eigenvalue weighted by Crippen LogP contribution is -2.52. The van der Waals surface area contributed by atoms with Crippen LogP contribution in [0.15, 0.2) is 60.7 Å². The van der Waals surface area contributed by atoms with E-state index in [9.17, 15) is 32.6 Å². The van der Waals surface area contributed by atoms with Crippen molar-refractivity contribution in [2.75, 3.05) is 6.61 Å². The van der Waals surface area contributed by atoms with Gasteiger partial charge in [-0.05, 0) is 71.5 Å². The highest BCUT2D eigenvalue weighted by Gasteiger charge is 2.34. The van der Waals surface area contributed by atoms with Gasteiger partial charge >= 0.3 is 12.1 Å². The molecule has 3 aromatic rings. The molecular weight excluding hydrogens is 462 g/mol. The number of aliphatic carboxylic acids is 1. The molecule has 0 spiro atoms. The average molecular weight is 487 g/mol. The van der Waals surface area contributed by atoms with E-state index in [4.69, 9.17) is 0 Å². The predicted octanol–water partition coefficient (Wildman–Crippen LogP) is 5.92. The first-order valence-corrected chi connectivity index (χ1v) is 10.8. The summed E-state index contributed by atoms with van der Waals surface area (Å²) in [6, 6.07) is 14.9. The molecule has 3 rings (SSSR count). The molecule has 0 amide bonds. The Labute approximate surface area is 200 Å². The fourth-order valence-electron chi connectivity index (χ4n) is 3.60. The third kappa shape index (κ3) is 6.15. The van der Waals surface area contributed by atoms with Gasteiger partial charge < -0.3 is 10.2 Å². The molecule has 0 aliphatic heterocycles. The molecule has 4 nitrogen and oxygen atoms in total. The number of carbonyl (C=O) groups is 1. The number of aliphatic hydroxyl groups is 1. The zero-order valence-corrected chi connectivity index (χ0v) is 19.2. The highest BCUT2D eigenvalue weighted by Crippen LogP contribution is 2.34. The number of carboxylic acids is 1. The number of benzene rings is 3. The van der Waals surface area contributed by atoms with Crippen LogP contribution in [0.4, 0.5) is 17.6 Å². The molecule has 0 aliphatic rings. The van der Waals surface area contributed by atoms with Crippen LogP contribution in [0.5, 0.6) is 0 Å². The molecule has 8 heteroatoms. The number of aliphatic hydroxyl groups excluding tert-OH is 1. The Kier molecular flexibility index (Phi) is 7.77. The van der Waals surface area contributed by atoms with E-state index >= 15 is 0 Å². The maximum Gasteiger partial charge on any atom is 0.416 e. The highest BCUT2D eigenvalue weighted by atomic mass is 19.4. The Morgan fingerprint density at radius 1 is 1.00 bits per heavy atom. The van der Waals surface area contributed by atoms with Crippen LogP contribution in [0, 0.1) is 12.7 Å². The number of hydrogen-bond acceptors (Lipinski definition) is 3. The minimum absolute atomic E-state index is 0.0591. The molecule has 0 radical (unpaired) electrons. The van der Waals surface area contributed by atoms with Crippen molar-refractivity contribution >= 4 is 18.1 Å². The summed E-state index contributed by atoms with van der Waals surface area (Å²) in [5, 5.41) is 21.3. The average Bonchev–Trinajstić information content (AvgIpc) is 2.81. The van der Waals surface area contributed by atoms with Crippen LogP contribution in [-0.2, 0) is 17.5 Å². The van der Waals surface area contributed by atoms with E-state index in [1.165, 1.54) is 37.3 Å². The number of alkyl halides is 3. The fraction of sp³-hybridized carbons (Fsp3) is 0.222. The van der Waals surface area contributed by atoms with E-state index in [-0.39, 0.29) is 17.9 Å². The molecule has 1 atom stereocenters. The molecule has 0 aromatic heterocycles. The van der Waals surface area contributed by atoms with Gasteiger partial charge in [-0.25, -0.2) is 4.39 Å². The number of nitrogens with one attached hydrogen (secondary N) is 1. The Balaban J connectivity index is 1.96. The number of halogens is 4. The zero-order valence-electron chi connectivity index (χ0n) is 19.2. The second-order valence-electron chi connectivity index (χ2n) is 8.43. The van der Waals surface area contributed by atoms with Gasteiger partial charge in [-0.1, -0.05) is 48.6 Å². The van der Waals surface area contributed by atoms with Crippen molar-refractivity contribution in [3.05, 3.63) is 94.3 Å². The van der Waals surface area contributed by atoms with Gasteiger partial charge in [0.2, 0.25) is 0 Å². The summed E-state index contributed by atoms with van der Waals surface area (Å²) in [6.45, 7) is 2.36. The molecule has 35 heavy (non-hydrogen) atoms. The molecule has 0 aliphatic carbocycles. The molecular formula is C27H25F4NO3. The topological polar surface area (TPSA) is 69.6 Å². The van der Waals surface area contributed by atoms with Crippen LogP contribution in [0.2, 0.25) is 0 Å². The summed E-state index contributed by atoms with van der Waals surface area (Å²) in [5.41, 5.74) is 0.734. The van der Waals surface area contributed by atoms with Crippen molar-refractivity contribution in [3.8, 4) is 11.1 Å². The van der Waals surface area contributed by atoms with Gasteiger partial charge in [0.25, 0.3) is 0 Å². The lowest BCUT2D eigenvalue weighted by atomic mass is 9.95. The third-order valence-electron chi connectivity index (χ3n) is 5.85. The first kappa shape index (κ1) is 26.1. The van der Waals surface area contributed by atoms with Crippen LogP contribution < -0.4 is 5.32 Å². The van der Waals surface area contributed by atoms with Crippen molar-refractivity contribution in [1.82, 2.24) is 5.32 Å². The van der Waals surface area contributed by atoms with Gasteiger partial charge in [0.05, 0.1) is 12.2 Å². The van der Waals surface area contributed by atoms with Crippen LogP contribution in [0.1, 0.15) is 34.7 Å². The third-order valence-corrected chi connectivity index (χ3v) is 5.85. The van der Waals surface area contributed by atoms with Gasteiger partial charge in [0, 0.05) is 6.54 Å². The minimum Gasteiger partial charge on any atom is -0.480 e. The van der Waals surface area contributed by atoms with Crippen molar-refractivity contribution in [1.29, 1.82) is 0 Å². The maximum atomic E-state index is 13.7. The summed E-state index contributed by atoms with van der Waals surface area (Å²) in [5.74, 6) is -1.66. The van der Waals surface area contributed by atoms with Gasteiger partial charge in [-0.2, -0.15) is 13.2 Å². The second kappa shape index (κ2) is 10.4. The van der Waals surface area contributed by atoms with Crippen molar-refractivity contribution < 1.29 is 32.6 Å². The Morgan fingerprint density at radius 2 is 1.69 bits per heavy atom. The molecule has 1 unspecified atom stereocenters. The van der Waals surface area contributed by atoms with E-state index in [0.717, 1.165) is 17.2 Å². The standard InChI is InChI=1S/C27H25F4NO3/c1-17-19(5-4-8-23(17)20-6-3-7-22(28)14-20)10-11-21-13-18(9-12-24(21)27(29,30)31)15-32-26(2,16-33)25(34)35/h3-14,32-33H,15-16H2,1-2H3,(H,34,35)/b11-10+. The highest BCUT2D eigenvalue weighted by molar-refractivity contribution is 5.79. The summed E-state index contributed by atoms with van der Waals surface area (Å²) >= 11 is 0. The monoisotopic (exact) mass is 487 g/mol. The van der Waals surface area contributed by atoms with Crippen LogP contribution in [-0.4, -0.2) is 28.3 Å². The largest absolute Gasteiger partial charge is 0.480 e. The summed E-state index contributed by atoms with van der Waals surface area (Å²) in [4.78, 5) is 11.4. The molecule has 3 N–H and O–H groups in total. The van der Waals surface area contributed by atoms with Gasteiger partial charge in [0.1, 0.15) is 11.4 Å². The molecule has 0 saturated heterocycles. The summed E-state index contributed by atoms with van der Waals surface area (Å²) in [6.07, 6.45) is -1.67. The molecule has 184 valence electrons. The van der Waals surface area contributed by atoms with E-state index in [1.807, 2.05) is 13.0 Å². The van der Waals surface area contributed by atoms with Gasteiger partial charge in [0.15, 0.2) is 0 Å². The first-order valence-electron chi connectivity index (χ1n) is 10.8. The fourth-order valence-corrected chi connectivity index (χ4v) is 3.60. The Bertz CT molecular complexity index is 1250. The summed E-state index contributed by atoms with van der Waals surface area (Å²) in [7, 11) is 0. The minimum atomic E-state index is -4.59. The number of carboxylic acid groups (broad SMARTS) is 1. The van der Waals surface area contributed by atoms with E-state index in [0.29, 0.717) is 16.7 Å². The van der Waals surface area contributed by atoms with Crippen LogP contribution in [0.25, 0.3) is 23.3 Å². The molecule has 3 aromatic carbocycles. The van der Waals surface area contributed by atoms with Gasteiger partial charge in [-0.15, -0.1) is 0 Å². The first-order chi connectivity index (χ1) is 16.4. The second-order valence-corrected chi connectivity index (χ2v) is 8.43. The van der Waals surface area contributed by atoms with Crippen LogP contribution >= 0.6 is 0 Å². The quantitative estimate of drug-likeness (QED) is 0.273. The SMILES string of the molecule is Cc1c(/C=C/c2cc(CNC(C)(CO)C(=O)O)ccc2C(F)(F)F)cccc1-c1cccc(F)c1. The van der Waals surface area contributed by atoms with E-state index in [1.54, 1.807) is 30.3 Å². The molecule has 0 fully saturated rings. The van der Waals surface area contributed by atoms with Crippen LogP contribution in [0.3, 0.4) is 0 Å². The maximum absolute atomic E-state index is 13.7. The van der Waals surface area contributed by atoms with E-state index in [2.05, 4.69) is 5.32 Å². The Hall–Kier alpha value is -3.49. The van der Waals surface area contributed by atoms with Crippen molar-refractivity contribution in [3.63, 3.8) is 0 Å². The summed E-state index contributed by atoms with van der Waals surface area (Å²) < 4.78 is 54.6. The van der Waals surface area contributed by atoms with E-state index < -0.39 is 29.9 Å². The number of rotatable bonds is 8.